The topological polar surface area (TPSA) is 90.0 Å². The Morgan fingerprint density at radius 2 is 1.67 bits per heavy atom. The highest BCUT2D eigenvalue weighted by Crippen LogP contribution is 2.25. The molecule has 0 aromatic heterocycles. The molecule has 2 amide bonds. The maximum Gasteiger partial charge on any atom is 0.304 e. The molecule has 0 bridgehead atoms. The van der Waals surface area contributed by atoms with Crippen molar-refractivity contribution in [2.75, 3.05) is 24.9 Å². The van der Waals surface area contributed by atoms with Gasteiger partial charge in [0.1, 0.15) is 18.4 Å². The normalized spacial score (nSPS) is 12.5. The number of amides is 2. The Morgan fingerprint density at radius 3 is 2.17 bits per heavy atom. The molecule has 0 heterocycles. The van der Waals surface area contributed by atoms with Crippen LogP contribution in [0.4, 0.5) is 10.1 Å². The van der Waals surface area contributed by atoms with Crippen molar-refractivity contribution in [3.8, 4) is 0 Å². The molecule has 0 fully saturated rings. The van der Waals surface area contributed by atoms with Crippen LogP contribution < -0.4 is 9.62 Å². The Morgan fingerprint density at radius 1 is 1.06 bits per heavy atom. The third-order valence-corrected chi connectivity index (χ3v) is 7.71. The van der Waals surface area contributed by atoms with E-state index in [1.165, 1.54) is 37.2 Å². The Hall–Kier alpha value is -2.40. The number of benzene rings is 2. The van der Waals surface area contributed by atoms with Crippen molar-refractivity contribution in [1.82, 2.24) is 14.5 Å². The van der Waals surface area contributed by atoms with Crippen molar-refractivity contribution in [3.63, 3.8) is 0 Å². The standard InChI is InChI=1S/C24H31Cl2FN4O4S/c1-6-22(24(33)28-16(2)3)30(14-17-7-8-18(25)13-21(17)26)23(32)15-31(36(34,35)29(4)5)20-11-9-19(27)10-12-20/h7-13,16,22H,6,14-15H2,1-5H3,(H,28,33). The Kier molecular flexibility index (Phi) is 10.5. The molecule has 2 aromatic rings. The minimum Gasteiger partial charge on any atom is -0.352 e. The molecule has 2 rings (SSSR count). The summed E-state index contributed by atoms with van der Waals surface area (Å²) in [6.45, 7) is 4.67. The van der Waals surface area contributed by atoms with E-state index in [0.717, 1.165) is 20.7 Å². The van der Waals surface area contributed by atoms with Gasteiger partial charge in [-0.2, -0.15) is 12.7 Å². The molecule has 1 unspecified atom stereocenters. The van der Waals surface area contributed by atoms with Crippen molar-refractivity contribution in [2.45, 2.75) is 45.8 Å². The highest BCUT2D eigenvalue weighted by atomic mass is 35.5. The summed E-state index contributed by atoms with van der Waals surface area (Å²) in [5.41, 5.74) is 0.636. The summed E-state index contributed by atoms with van der Waals surface area (Å²) >= 11 is 12.4. The van der Waals surface area contributed by atoms with Crippen LogP contribution >= 0.6 is 23.2 Å². The maximum absolute atomic E-state index is 13.7. The van der Waals surface area contributed by atoms with Gasteiger partial charge in [-0.25, -0.2) is 8.70 Å². The van der Waals surface area contributed by atoms with Crippen LogP contribution in [-0.4, -0.2) is 62.2 Å². The second-order valence-corrected chi connectivity index (χ2v) is 11.5. The number of nitrogens with zero attached hydrogens (tertiary/aromatic N) is 3. The van der Waals surface area contributed by atoms with E-state index in [1.54, 1.807) is 32.9 Å². The van der Waals surface area contributed by atoms with E-state index < -0.39 is 34.5 Å². The molecular weight excluding hydrogens is 530 g/mol. The second kappa shape index (κ2) is 12.7. The number of carbonyl (C=O) groups excluding carboxylic acids is 2. The van der Waals surface area contributed by atoms with Gasteiger partial charge in [-0.1, -0.05) is 36.2 Å². The van der Waals surface area contributed by atoms with Gasteiger partial charge in [0.05, 0.1) is 5.69 Å². The number of halogens is 3. The lowest BCUT2D eigenvalue weighted by atomic mass is 10.1. The quantitative estimate of drug-likeness (QED) is 0.448. The summed E-state index contributed by atoms with van der Waals surface area (Å²) in [5.74, 6) is -1.57. The monoisotopic (exact) mass is 560 g/mol. The molecule has 0 aliphatic rings. The third kappa shape index (κ3) is 7.55. The van der Waals surface area contributed by atoms with Crippen LogP contribution in [0.15, 0.2) is 42.5 Å². The highest BCUT2D eigenvalue weighted by Gasteiger charge is 2.34. The molecule has 2 aromatic carbocycles. The first kappa shape index (κ1) is 29.8. The predicted octanol–water partition coefficient (Wildman–Crippen LogP) is 4.08. The fraction of sp³-hybridized carbons (Fsp3) is 0.417. The number of hydrogen-bond acceptors (Lipinski definition) is 4. The van der Waals surface area contributed by atoms with E-state index in [-0.39, 0.29) is 30.6 Å². The lowest BCUT2D eigenvalue weighted by molar-refractivity contribution is -0.140. The number of nitrogens with one attached hydrogen (secondary N) is 1. The minimum absolute atomic E-state index is 0.0574. The van der Waals surface area contributed by atoms with Gasteiger partial charge in [0, 0.05) is 36.7 Å². The molecule has 1 atom stereocenters. The van der Waals surface area contributed by atoms with E-state index in [9.17, 15) is 22.4 Å². The summed E-state index contributed by atoms with van der Waals surface area (Å²) in [6, 6.07) is 8.46. The average Bonchev–Trinajstić information content (AvgIpc) is 2.78. The van der Waals surface area contributed by atoms with Crippen LogP contribution in [0.25, 0.3) is 0 Å². The summed E-state index contributed by atoms with van der Waals surface area (Å²) in [7, 11) is -1.49. The Balaban J connectivity index is 2.53. The molecule has 36 heavy (non-hydrogen) atoms. The first-order chi connectivity index (χ1) is 16.8. The lowest BCUT2D eigenvalue weighted by Gasteiger charge is -2.34. The number of carbonyl (C=O) groups is 2. The minimum atomic E-state index is -4.14. The zero-order valence-electron chi connectivity index (χ0n) is 20.8. The van der Waals surface area contributed by atoms with Crippen LogP contribution in [0, 0.1) is 5.82 Å². The molecule has 0 saturated carbocycles. The highest BCUT2D eigenvalue weighted by molar-refractivity contribution is 7.90. The molecule has 0 aliphatic heterocycles. The van der Waals surface area contributed by atoms with Gasteiger partial charge in [-0.05, 0) is 62.2 Å². The molecule has 0 saturated heterocycles. The molecule has 1 N–H and O–H groups in total. The van der Waals surface area contributed by atoms with Crippen molar-refractivity contribution >= 4 is 50.9 Å². The van der Waals surface area contributed by atoms with Gasteiger partial charge in [0.2, 0.25) is 11.8 Å². The summed E-state index contributed by atoms with van der Waals surface area (Å²) in [5, 5.41) is 3.52. The van der Waals surface area contributed by atoms with Crippen molar-refractivity contribution in [3.05, 3.63) is 63.9 Å². The van der Waals surface area contributed by atoms with Gasteiger partial charge in [-0.3, -0.25) is 9.59 Å². The zero-order chi connectivity index (χ0) is 27.2. The maximum atomic E-state index is 13.7. The largest absolute Gasteiger partial charge is 0.352 e. The van der Waals surface area contributed by atoms with Crippen LogP contribution in [0.1, 0.15) is 32.8 Å². The van der Waals surface area contributed by atoms with Crippen molar-refractivity contribution in [1.29, 1.82) is 0 Å². The summed E-state index contributed by atoms with van der Waals surface area (Å²) < 4.78 is 41.6. The molecular formula is C24H31Cl2FN4O4S. The van der Waals surface area contributed by atoms with Gasteiger partial charge < -0.3 is 10.2 Å². The fourth-order valence-corrected chi connectivity index (χ4v) is 4.98. The Labute approximate surface area is 222 Å². The van der Waals surface area contributed by atoms with E-state index >= 15 is 0 Å². The number of anilines is 1. The predicted molar refractivity (Wildman–Crippen MR) is 141 cm³/mol. The van der Waals surface area contributed by atoms with E-state index in [4.69, 9.17) is 23.2 Å². The number of hydrogen-bond donors (Lipinski definition) is 1. The molecule has 0 radical (unpaired) electrons. The van der Waals surface area contributed by atoms with Gasteiger partial charge in [0.25, 0.3) is 0 Å². The zero-order valence-corrected chi connectivity index (χ0v) is 23.2. The SMILES string of the molecule is CCC(C(=O)NC(C)C)N(Cc1ccc(Cl)cc1Cl)C(=O)CN(c1ccc(F)cc1)S(=O)(=O)N(C)C. The van der Waals surface area contributed by atoms with E-state index in [0.29, 0.717) is 15.6 Å². The first-order valence-corrected chi connectivity index (χ1v) is 13.4. The van der Waals surface area contributed by atoms with Gasteiger partial charge >= 0.3 is 10.2 Å². The summed E-state index contributed by atoms with van der Waals surface area (Å²) in [4.78, 5) is 28.0. The van der Waals surface area contributed by atoms with Crippen molar-refractivity contribution < 1.29 is 22.4 Å². The van der Waals surface area contributed by atoms with Crippen molar-refractivity contribution in [2.24, 2.45) is 0 Å². The fourth-order valence-electron chi connectivity index (χ4n) is 3.46. The van der Waals surface area contributed by atoms with Gasteiger partial charge in [0.15, 0.2) is 0 Å². The van der Waals surface area contributed by atoms with E-state index in [1.807, 2.05) is 0 Å². The summed E-state index contributed by atoms with van der Waals surface area (Å²) in [6.07, 6.45) is 0.270. The molecule has 8 nitrogen and oxygen atoms in total. The van der Waals surface area contributed by atoms with Crippen LogP contribution in [0.5, 0.6) is 0 Å². The third-order valence-electron chi connectivity index (χ3n) is 5.31. The lowest BCUT2D eigenvalue weighted by Crippen LogP contribution is -2.54. The van der Waals surface area contributed by atoms with Gasteiger partial charge in [-0.15, -0.1) is 0 Å². The average molecular weight is 562 g/mol. The van der Waals surface area contributed by atoms with Crippen LogP contribution in [0.2, 0.25) is 10.0 Å². The van der Waals surface area contributed by atoms with Crippen LogP contribution in [-0.2, 0) is 26.3 Å². The number of rotatable bonds is 11. The van der Waals surface area contributed by atoms with E-state index in [2.05, 4.69) is 5.32 Å². The molecule has 0 aliphatic carbocycles. The second-order valence-electron chi connectivity index (χ2n) is 8.62. The first-order valence-electron chi connectivity index (χ1n) is 11.3. The molecule has 12 heteroatoms. The molecule has 0 spiro atoms. The smallest absolute Gasteiger partial charge is 0.304 e. The Bertz CT molecular complexity index is 1180. The van der Waals surface area contributed by atoms with Crippen LogP contribution in [0.3, 0.4) is 0 Å². The molecule has 198 valence electrons.